The lowest BCUT2D eigenvalue weighted by molar-refractivity contribution is 0.0953. The van der Waals surface area contributed by atoms with Gasteiger partial charge in [0.15, 0.2) is 17.2 Å². The molecule has 148 valence electrons. The molecule has 3 aromatic rings. The van der Waals surface area contributed by atoms with Crippen molar-refractivity contribution in [2.45, 2.75) is 6.92 Å². The Hall–Kier alpha value is -3.85. The topological polar surface area (TPSA) is 131 Å². The van der Waals surface area contributed by atoms with Crippen molar-refractivity contribution in [3.8, 4) is 17.2 Å². The smallest absolute Gasteiger partial charge is 0.271 e. The van der Waals surface area contributed by atoms with Gasteiger partial charge in [-0.2, -0.15) is 5.10 Å². The number of hydrogen-bond acceptors (Lipinski definition) is 7. The van der Waals surface area contributed by atoms with E-state index in [9.17, 15) is 24.9 Å². The number of phenols is 3. The lowest BCUT2D eigenvalue weighted by Gasteiger charge is -2.08. The Morgan fingerprint density at radius 2 is 1.66 bits per heavy atom. The molecular weight excluding hydrogens is 394 g/mol. The highest BCUT2D eigenvalue weighted by Crippen LogP contribution is 2.35. The monoisotopic (exact) mass is 411 g/mol. The fraction of sp³-hybridized carbons (Fsp3) is 0.0500. The van der Waals surface area contributed by atoms with Crippen molar-refractivity contribution in [1.82, 2.24) is 5.43 Å². The van der Waals surface area contributed by atoms with E-state index in [4.69, 9.17) is 0 Å². The number of carbonyl (C=O) groups excluding carboxylic acids is 2. The molecule has 8 nitrogen and oxygen atoms in total. The first kappa shape index (κ1) is 19.9. The van der Waals surface area contributed by atoms with Crippen LogP contribution < -0.4 is 10.7 Å². The Morgan fingerprint density at radius 1 is 0.931 bits per heavy atom. The zero-order chi connectivity index (χ0) is 21.0. The zero-order valence-electron chi connectivity index (χ0n) is 15.2. The molecule has 0 bridgehead atoms. The van der Waals surface area contributed by atoms with Crippen LogP contribution in [0.4, 0.5) is 5.69 Å². The number of hydrazone groups is 1. The van der Waals surface area contributed by atoms with Gasteiger partial charge in [-0.05, 0) is 48.2 Å². The summed E-state index contributed by atoms with van der Waals surface area (Å²) in [6, 6.07) is 12.5. The molecule has 29 heavy (non-hydrogen) atoms. The molecule has 0 fully saturated rings. The summed E-state index contributed by atoms with van der Waals surface area (Å²) in [5.41, 5.74) is 3.96. The maximum Gasteiger partial charge on any atom is 0.271 e. The third-order valence-electron chi connectivity index (χ3n) is 3.94. The summed E-state index contributed by atoms with van der Waals surface area (Å²) in [6.07, 6.45) is 0. The van der Waals surface area contributed by atoms with E-state index in [2.05, 4.69) is 15.8 Å². The minimum absolute atomic E-state index is 0.0775. The van der Waals surface area contributed by atoms with E-state index in [1.807, 2.05) is 5.38 Å². The lowest BCUT2D eigenvalue weighted by atomic mass is 10.1. The van der Waals surface area contributed by atoms with Crippen molar-refractivity contribution in [3.63, 3.8) is 0 Å². The number of anilines is 1. The predicted octanol–water partition coefficient (Wildman–Crippen LogP) is 3.27. The van der Waals surface area contributed by atoms with Gasteiger partial charge in [0, 0.05) is 11.3 Å². The first-order chi connectivity index (χ1) is 13.8. The van der Waals surface area contributed by atoms with Crippen LogP contribution in [0.5, 0.6) is 17.2 Å². The molecule has 0 unspecified atom stereocenters. The molecule has 0 spiro atoms. The molecular formula is C20H17N3O5S. The maximum atomic E-state index is 12.2. The van der Waals surface area contributed by atoms with Crippen LogP contribution in [0, 0.1) is 0 Å². The third-order valence-corrected chi connectivity index (χ3v) is 4.81. The van der Waals surface area contributed by atoms with Crippen LogP contribution in [-0.4, -0.2) is 32.8 Å². The van der Waals surface area contributed by atoms with Crippen LogP contribution in [0.2, 0.25) is 0 Å². The SMILES string of the molecule is C/C(=N/NC(=O)c1cc(O)c(O)c(O)c1)c1cccc(NC(=O)c2cccs2)c1. The second kappa shape index (κ2) is 8.44. The molecule has 0 aliphatic rings. The highest BCUT2D eigenvalue weighted by molar-refractivity contribution is 7.12. The maximum absolute atomic E-state index is 12.2. The van der Waals surface area contributed by atoms with Gasteiger partial charge in [-0.1, -0.05) is 18.2 Å². The number of rotatable bonds is 5. The molecule has 9 heteroatoms. The fourth-order valence-corrected chi connectivity index (χ4v) is 3.04. The number of hydrogen-bond donors (Lipinski definition) is 5. The van der Waals surface area contributed by atoms with Gasteiger partial charge < -0.3 is 20.6 Å². The molecule has 0 atom stereocenters. The molecule has 0 aliphatic carbocycles. The van der Waals surface area contributed by atoms with Crippen LogP contribution in [0.25, 0.3) is 0 Å². The summed E-state index contributed by atoms with van der Waals surface area (Å²) in [5.74, 6) is -2.85. The van der Waals surface area contributed by atoms with Gasteiger partial charge in [-0.15, -0.1) is 11.3 Å². The van der Waals surface area contributed by atoms with E-state index < -0.39 is 23.2 Å². The second-order valence-electron chi connectivity index (χ2n) is 6.01. The molecule has 3 rings (SSSR count). The Bertz CT molecular complexity index is 1070. The number of aromatic hydroxyl groups is 3. The van der Waals surface area contributed by atoms with Crippen molar-refractivity contribution < 1.29 is 24.9 Å². The first-order valence-electron chi connectivity index (χ1n) is 8.40. The molecule has 2 amide bonds. The van der Waals surface area contributed by atoms with Crippen molar-refractivity contribution in [2.24, 2.45) is 5.10 Å². The predicted molar refractivity (Wildman–Crippen MR) is 110 cm³/mol. The molecule has 5 N–H and O–H groups in total. The van der Waals surface area contributed by atoms with Gasteiger partial charge in [0.1, 0.15) is 0 Å². The van der Waals surface area contributed by atoms with Gasteiger partial charge >= 0.3 is 0 Å². The summed E-state index contributed by atoms with van der Waals surface area (Å²) in [7, 11) is 0. The molecule has 1 aromatic heterocycles. The van der Waals surface area contributed by atoms with E-state index in [-0.39, 0.29) is 11.5 Å². The summed E-state index contributed by atoms with van der Waals surface area (Å²) >= 11 is 1.34. The minimum Gasteiger partial charge on any atom is -0.504 e. The highest BCUT2D eigenvalue weighted by Gasteiger charge is 2.13. The second-order valence-corrected chi connectivity index (χ2v) is 6.96. The van der Waals surface area contributed by atoms with Gasteiger partial charge in [0.25, 0.3) is 11.8 Å². The third kappa shape index (κ3) is 4.71. The largest absolute Gasteiger partial charge is 0.504 e. The quantitative estimate of drug-likeness (QED) is 0.250. The van der Waals surface area contributed by atoms with Crippen LogP contribution in [0.15, 0.2) is 59.0 Å². The summed E-state index contributed by atoms with van der Waals surface area (Å²) < 4.78 is 0. The summed E-state index contributed by atoms with van der Waals surface area (Å²) in [4.78, 5) is 24.9. The summed E-state index contributed by atoms with van der Waals surface area (Å²) in [6.45, 7) is 1.67. The van der Waals surface area contributed by atoms with Crippen LogP contribution in [0.1, 0.15) is 32.5 Å². The number of nitrogens with one attached hydrogen (secondary N) is 2. The highest BCUT2D eigenvalue weighted by atomic mass is 32.1. The van der Waals surface area contributed by atoms with Gasteiger partial charge in [-0.3, -0.25) is 9.59 Å². The molecule has 1 heterocycles. The van der Waals surface area contributed by atoms with Crippen molar-refractivity contribution in [3.05, 3.63) is 69.9 Å². The normalized spacial score (nSPS) is 11.1. The van der Waals surface area contributed by atoms with E-state index in [1.54, 1.807) is 43.3 Å². The van der Waals surface area contributed by atoms with Crippen molar-refractivity contribution in [1.29, 1.82) is 0 Å². The zero-order valence-corrected chi connectivity index (χ0v) is 16.0. The number of amides is 2. The number of benzene rings is 2. The molecule has 0 saturated carbocycles. The minimum atomic E-state index is -0.706. The molecule has 2 aromatic carbocycles. The summed E-state index contributed by atoms with van der Waals surface area (Å²) in [5, 5.41) is 37.0. The average molecular weight is 411 g/mol. The lowest BCUT2D eigenvalue weighted by Crippen LogP contribution is -2.19. The van der Waals surface area contributed by atoms with Gasteiger partial charge in [0.2, 0.25) is 0 Å². The van der Waals surface area contributed by atoms with Crippen molar-refractivity contribution >= 4 is 34.6 Å². The van der Waals surface area contributed by atoms with E-state index >= 15 is 0 Å². The van der Waals surface area contributed by atoms with Gasteiger partial charge in [0.05, 0.1) is 10.6 Å². The Morgan fingerprint density at radius 3 is 2.31 bits per heavy atom. The Kier molecular flexibility index (Phi) is 5.79. The molecule has 0 aliphatic heterocycles. The van der Waals surface area contributed by atoms with Gasteiger partial charge in [-0.25, -0.2) is 5.43 Å². The Balaban J connectivity index is 1.71. The fourth-order valence-electron chi connectivity index (χ4n) is 2.42. The average Bonchev–Trinajstić information content (AvgIpc) is 3.25. The number of phenolic OH excluding ortho intramolecular Hbond substituents is 3. The van der Waals surface area contributed by atoms with E-state index in [0.717, 1.165) is 12.1 Å². The number of nitrogens with zero attached hydrogens (tertiary/aromatic N) is 1. The molecule has 0 saturated heterocycles. The number of thiophene rings is 1. The molecule has 0 radical (unpaired) electrons. The number of carbonyl (C=O) groups is 2. The standard InChI is InChI=1S/C20H17N3O5S/c1-11(22-23-19(27)13-9-15(24)18(26)16(25)10-13)12-4-2-5-14(8-12)21-20(28)17-6-3-7-29-17/h2-10,24-26H,1H3,(H,21,28)(H,23,27)/b22-11-. The Labute approximate surface area is 169 Å². The van der Waals surface area contributed by atoms with E-state index in [1.165, 1.54) is 11.3 Å². The van der Waals surface area contributed by atoms with Crippen molar-refractivity contribution in [2.75, 3.05) is 5.32 Å². The first-order valence-corrected chi connectivity index (χ1v) is 9.28. The van der Waals surface area contributed by atoms with Crippen LogP contribution >= 0.6 is 11.3 Å². The van der Waals surface area contributed by atoms with Crippen LogP contribution in [0.3, 0.4) is 0 Å². The van der Waals surface area contributed by atoms with Crippen LogP contribution in [-0.2, 0) is 0 Å². The van der Waals surface area contributed by atoms with E-state index in [0.29, 0.717) is 21.8 Å².